The molecule has 1 aromatic heterocycles. The quantitative estimate of drug-likeness (QED) is 0.365. The monoisotopic (exact) mass is 533 g/mol. The molecule has 0 aliphatic carbocycles. The number of halogens is 2. The molecule has 1 aliphatic rings. The zero-order chi connectivity index (χ0) is 23.9. The summed E-state index contributed by atoms with van der Waals surface area (Å²) < 4.78 is 30.4. The van der Waals surface area contributed by atoms with Crippen LogP contribution >= 0.6 is 34.5 Å². The van der Waals surface area contributed by atoms with Crippen LogP contribution in [0.3, 0.4) is 0 Å². The highest BCUT2D eigenvalue weighted by Gasteiger charge is 2.29. The molecule has 6 nitrogen and oxygen atoms in total. The molecule has 176 valence electrons. The number of benzene rings is 3. The first-order valence-electron chi connectivity index (χ1n) is 10.7. The number of anilines is 1. The SMILES string of the molecule is O=c1sc2cc(S(=O)(=O)N3CCN(c4cccc(Cl)c4)CC3)ccc2n1Cc1ccccc1Cl. The minimum atomic E-state index is -3.68. The van der Waals surface area contributed by atoms with Crippen molar-refractivity contribution in [2.45, 2.75) is 11.4 Å². The second-order valence-corrected chi connectivity index (χ2v) is 11.8. The van der Waals surface area contributed by atoms with E-state index in [1.165, 1.54) is 4.31 Å². The number of hydrogen-bond donors (Lipinski definition) is 0. The van der Waals surface area contributed by atoms with E-state index in [2.05, 4.69) is 4.90 Å². The normalized spacial score (nSPS) is 15.2. The molecule has 10 heteroatoms. The van der Waals surface area contributed by atoms with Gasteiger partial charge in [0.25, 0.3) is 0 Å². The summed E-state index contributed by atoms with van der Waals surface area (Å²) in [4.78, 5) is 14.8. The first-order valence-corrected chi connectivity index (χ1v) is 13.7. The van der Waals surface area contributed by atoms with Crippen molar-refractivity contribution in [2.24, 2.45) is 0 Å². The number of nitrogens with zero attached hydrogens (tertiary/aromatic N) is 3. The average Bonchev–Trinajstić information content (AvgIpc) is 3.15. The lowest BCUT2D eigenvalue weighted by Crippen LogP contribution is -2.48. The van der Waals surface area contributed by atoms with Crippen molar-refractivity contribution >= 4 is 60.5 Å². The van der Waals surface area contributed by atoms with Gasteiger partial charge in [-0.05, 0) is 48.0 Å². The van der Waals surface area contributed by atoms with Gasteiger partial charge in [0.2, 0.25) is 10.0 Å². The average molecular weight is 534 g/mol. The van der Waals surface area contributed by atoms with Crippen LogP contribution in [0.1, 0.15) is 5.56 Å². The van der Waals surface area contributed by atoms with Crippen LogP contribution in [0.25, 0.3) is 10.2 Å². The predicted molar refractivity (Wildman–Crippen MR) is 139 cm³/mol. The summed E-state index contributed by atoms with van der Waals surface area (Å²) in [7, 11) is -3.68. The lowest BCUT2D eigenvalue weighted by atomic mass is 10.2. The fraction of sp³-hybridized carbons (Fsp3) is 0.208. The van der Waals surface area contributed by atoms with Gasteiger partial charge in [0.1, 0.15) is 0 Å². The van der Waals surface area contributed by atoms with E-state index < -0.39 is 10.0 Å². The van der Waals surface area contributed by atoms with Gasteiger partial charge in [-0.3, -0.25) is 9.36 Å². The fourth-order valence-corrected chi connectivity index (χ4v) is 7.00. The van der Waals surface area contributed by atoms with Crippen LogP contribution in [-0.2, 0) is 16.6 Å². The standard InChI is InChI=1S/C24H21Cl2N3O3S2/c25-18-5-3-6-19(14-18)27-10-12-28(13-11-27)34(31,32)20-8-9-22-23(15-20)33-24(30)29(22)16-17-4-1-2-7-21(17)26/h1-9,14-15H,10-13,16H2. The molecule has 0 unspecified atom stereocenters. The number of piperazine rings is 1. The van der Waals surface area contributed by atoms with Gasteiger partial charge in [0, 0.05) is 41.9 Å². The van der Waals surface area contributed by atoms with Crippen LogP contribution in [-0.4, -0.2) is 43.5 Å². The molecule has 1 aliphatic heterocycles. The third-order valence-corrected chi connectivity index (χ3v) is 9.42. The minimum Gasteiger partial charge on any atom is -0.369 e. The Morgan fingerprint density at radius 2 is 1.65 bits per heavy atom. The van der Waals surface area contributed by atoms with E-state index in [1.807, 2.05) is 42.5 Å². The highest BCUT2D eigenvalue weighted by atomic mass is 35.5. The van der Waals surface area contributed by atoms with E-state index in [4.69, 9.17) is 23.2 Å². The largest absolute Gasteiger partial charge is 0.369 e. The minimum absolute atomic E-state index is 0.153. The Balaban J connectivity index is 1.38. The first-order chi connectivity index (χ1) is 16.3. The Bertz CT molecular complexity index is 1520. The Morgan fingerprint density at radius 1 is 0.882 bits per heavy atom. The first kappa shape index (κ1) is 23.4. The lowest BCUT2D eigenvalue weighted by Gasteiger charge is -2.35. The van der Waals surface area contributed by atoms with Crippen molar-refractivity contribution in [3.05, 3.63) is 92.0 Å². The van der Waals surface area contributed by atoms with Gasteiger partial charge in [-0.25, -0.2) is 8.42 Å². The Morgan fingerprint density at radius 3 is 2.38 bits per heavy atom. The van der Waals surface area contributed by atoms with Gasteiger partial charge in [-0.1, -0.05) is 58.8 Å². The maximum atomic E-state index is 13.3. The number of sulfonamides is 1. The van der Waals surface area contributed by atoms with Crippen molar-refractivity contribution in [2.75, 3.05) is 31.1 Å². The Kier molecular flexibility index (Phi) is 6.43. The molecule has 0 bridgehead atoms. The molecule has 0 spiro atoms. The number of fused-ring (bicyclic) bond motifs is 1. The highest BCUT2D eigenvalue weighted by Crippen LogP contribution is 2.27. The smallest absolute Gasteiger partial charge is 0.308 e. The molecule has 1 fully saturated rings. The topological polar surface area (TPSA) is 62.6 Å². The summed E-state index contributed by atoms with van der Waals surface area (Å²) in [6.07, 6.45) is 0. The summed E-state index contributed by atoms with van der Waals surface area (Å²) in [5.41, 5.74) is 2.51. The number of aromatic nitrogens is 1. The molecule has 3 aromatic carbocycles. The van der Waals surface area contributed by atoms with Gasteiger partial charge >= 0.3 is 4.87 Å². The molecule has 5 rings (SSSR count). The van der Waals surface area contributed by atoms with Gasteiger partial charge in [0.15, 0.2) is 0 Å². The Labute approximate surface area is 211 Å². The molecule has 0 saturated carbocycles. The maximum absolute atomic E-state index is 13.3. The van der Waals surface area contributed by atoms with E-state index in [9.17, 15) is 13.2 Å². The van der Waals surface area contributed by atoms with Gasteiger partial charge in [-0.2, -0.15) is 4.31 Å². The van der Waals surface area contributed by atoms with E-state index in [0.717, 1.165) is 22.6 Å². The Hall–Kier alpha value is -2.36. The van der Waals surface area contributed by atoms with Crippen molar-refractivity contribution in [1.82, 2.24) is 8.87 Å². The van der Waals surface area contributed by atoms with E-state index in [0.29, 0.717) is 53.0 Å². The van der Waals surface area contributed by atoms with Crippen LogP contribution < -0.4 is 9.77 Å². The molecular formula is C24H21Cl2N3O3S2. The maximum Gasteiger partial charge on any atom is 0.308 e. The summed E-state index contributed by atoms with van der Waals surface area (Å²) >= 11 is 13.4. The van der Waals surface area contributed by atoms with E-state index in [1.54, 1.807) is 28.8 Å². The van der Waals surface area contributed by atoms with Crippen LogP contribution in [0.15, 0.2) is 76.4 Å². The fourth-order valence-electron chi connectivity index (χ4n) is 4.16. The van der Waals surface area contributed by atoms with Gasteiger partial charge in [0.05, 0.1) is 21.7 Å². The molecule has 0 amide bonds. The second kappa shape index (κ2) is 9.36. The van der Waals surface area contributed by atoms with Crippen LogP contribution in [0.4, 0.5) is 5.69 Å². The van der Waals surface area contributed by atoms with Crippen molar-refractivity contribution in [3.63, 3.8) is 0 Å². The van der Waals surface area contributed by atoms with Crippen LogP contribution in [0, 0.1) is 0 Å². The van der Waals surface area contributed by atoms with Crippen LogP contribution in [0.5, 0.6) is 0 Å². The third-order valence-electron chi connectivity index (χ3n) is 5.98. The summed E-state index contributed by atoms with van der Waals surface area (Å²) in [6.45, 7) is 2.22. The zero-order valence-electron chi connectivity index (χ0n) is 18.0. The lowest BCUT2D eigenvalue weighted by molar-refractivity contribution is 0.385. The highest BCUT2D eigenvalue weighted by molar-refractivity contribution is 7.89. The molecule has 1 saturated heterocycles. The number of rotatable bonds is 5. The van der Waals surface area contributed by atoms with Gasteiger partial charge < -0.3 is 4.90 Å². The predicted octanol–water partition coefficient (Wildman–Crippen LogP) is 4.93. The molecule has 0 radical (unpaired) electrons. The molecule has 2 heterocycles. The molecule has 0 N–H and O–H groups in total. The van der Waals surface area contributed by atoms with Crippen molar-refractivity contribution in [1.29, 1.82) is 0 Å². The molecular weight excluding hydrogens is 513 g/mol. The summed E-state index contributed by atoms with van der Waals surface area (Å²) in [5.74, 6) is 0. The van der Waals surface area contributed by atoms with E-state index >= 15 is 0 Å². The summed E-state index contributed by atoms with van der Waals surface area (Å²) in [5, 5.41) is 1.24. The molecule has 0 atom stereocenters. The summed E-state index contributed by atoms with van der Waals surface area (Å²) in [6, 6.07) is 19.8. The third kappa shape index (κ3) is 4.48. The van der Waals surface area contributed by atoms with Gasteiger partial charge in [-0.15, -0.1) is 0 Å². The van der Waals surface area contributed by atoms with Crippen molar-refractivity contribution in [3.8, 4) is 0 Å². The van der Waals surface area contributed by atoms with Crippen LogP contribution in [0.2, 0.25) is 10.0 Å². The van der Waals surface area contributed by atoms with E-state index in [-0.39, 0.29) is 9.77 Å². The zero-order valence-corrected chi connectivity index (χ0v) is 21.2. The molecule has 34 heavy (non-hydrogen) atoms. The number of thiazole rings is 1. The van der Waals surface area contributed by atoms with Crippen molar-refractivity contribution < 1.29 is 8.42 Å². The molecule has 4 aromatic rings. The second-order valence-electron chi connectivity index (χ2n) is 8.05. The number of hydrogen-bond acceptors (Lipinski definition) is 5.